The van der Waals surface area contributed by atoms with Gasteiger partial charge in [-0.1, -0.05) is 5.21 Å². The zero-order valence-corrected chi connectivity index (χ0v) is 11.7. The number of nitrogens with two attached hydrogens (primary N) is 1. The molecule has 0 radical (unpaired) electrons. The van der Waals surface area contributed by atoms with Crippen LogP contribution in [-0.2, 0) is 13.5 Å². The molecule has 5 nitrogen and oxygen atoms in total. The van der Waals surface area contributed by atoms with Crippen LogP contribution in [0.5, 0.6) is 0 Å². The summed E-state index contributed by atoms with van der Waals surface area (Å²) in [5.74, 6) is 5.41. The summed E-state index contributed by atoms with van der Waals surface area (Å²) in [6.45, 7) is 0. The topological polar surface area (TPSA) is 68.8 Å². The van der Waals surface area contributed by atoms with Crippen molar-refractivity contribution in [3.8, 4) is 0 Å². The van der Waals surface area contributed by atoms with E-state index in [0.717, 1.165) is 20.7 Å². The minimum atomic E-state index is -0.229. The van der Waals surface area contributed by atoms with Crippen LogP contribution in [0.3, 0.4) is 0 Å². The zero-order chi connectivity index (χ0) is 14.1. The molecule has 20 heavy (non-hydrogen) atoms. The van der Waals surface area contributed by atoms with Gasteiger partial charge in [0.25, 0.3) is 0 Å². The Labute approximate surface area is 119 Å². The summed E-state index contributed by atoms with van der Waals surface area (Å²) in [5.41, 5.74) is 3.65. The van der Waals surface area contributed by atoms with Crippen LogP contribution in [0.1, 0.15) is 16.6 Å². The minimum absolute atomic E-state index is 0.0628. The van der Waals surface area contributed by atoms with Crippen molar-refractivity contribution in [2.75, 3.05) is 0 Å². The molecule has 2 heterocycles. The average Bonchev–Trinajstić information content (AvgIpc) is 3.01. The Morgan fingerprint density at radius 1 is 1.45 bits per heavy atom. The summed E-state index contributed by atoms with van der Waals surface area (Å²) in [6.07, 6.45) is 2.50. The van der Waals surface area contributed by atoms with Gasteiger partial charge in [-0.15, -0.1) is 16.4 Å². The summed E-state index contributed by atoms with van der Waals surface area (Å²) < 4.78 is 15.9. The Bertz CT molecular complexity index is 735. The first-order valence-corrected chi connectivity index (χ1v) is 6.97. The number of nitrogens with zero attached hydrogens (tertiary/aromatic N) is 3. The Morgan fingerprint density at radius 2 is 2.30 bits per heavy atom. The van der Waals surface area contributed by atoms with Gasteiger partial charge in [0.05, 0.1) is 11.7 Å². The lowest BCUT2D eigenvalue weighted by Gasteiger charge is -2.11. The molecule has 2 aromatic heterocycles. The molecule has 3 rings (SSSR count). The van der Waals surface area contributed by atoms with Gasteiger partial charge < -0.3 is 0 Å². The summed E-state index contributed by atoms with van der Waals surface area (Å²) >= 11 is 1.60. The maximum absolute atomic E-state index is 13.2. The fraction of sp³-hybridized carbons (Fsp3) is 0.231. The molecule has 0 amide bonds. The first kappa shape index (κ1) is 13.2. The lowest BCUT2D eigenvalue weighted by molar-refractivity contribution is 0.554. The lowest BCUT2D eigenvalue weighted by Crippen LogP contribution is -2.29. The maximum Gasteiger partial charge on any atom is 0.123 e. The number of aryl methyl sites for hydroxylation is 1. The molecule has 3 N–H and O–H groups in total. The summed E-state index contributed by atoms with van der Waals surface area (Å²) in [5, 5.41) is 8.86. The van der Waals surface area contributed by atoms with Gasteiger partial charge in [0.2, 0.25) is 0 Å². The Kier molecular flexibility index (Phi) is 3.47. The summed E-state index contributed by atoms with van der Waals surface area (Å²) in [6, 6.07) is 6.69. The van der Waals surface area contributed by atoms with Crippen molar-refractivity contribution in [2.45, 2.75) is 12.5 Å². The molecule has 1 atom stereocenters. The number of hydrogen-bond donors (Lipinski definition) is 2. The van der Waals surface area contributed by atoms with Crippen LogP contribution >= 0.6 is 11.3 Å². The van der Waals surface area contributed by atoms with E-state index in [1.54, 1.807) is 22.1 Å². The van der Waals surface area contributed by atoms with Crippen LogP contribution in [-0.4, -0.2) is 15.0 Å². The van der Waals surface area contributed by atoms with E-state index >= 15 is 0 Å². The first-order chi connectivity index (χ1) is 9.65. The quantitative estimate of drug-likeness (QED) is 0.569. The van der Waals surface area contributed by atoms with Gasteiger partial charge in [0.1, 0.15) is 5.82 Å². The van der Waals surface area contributed by atoms with Crippen molar-refractivity contribution >= 4 is 21.4 Å². The van der Waals surface area contributed by atoms with E-state index in [9.17, 15) is 4.39 Å². The fourth-order valence-electron chi connectivity index (χ4n) is 2.15. The molecule has 0 aliphatic rings. The summed E-state index contributed by atoms with van der Waals surface area (Å²) in [7, 11) is 1.82. The van der Waals surface area contributed by atoms with E-state index in [0.29, 0.717) is 6.42 Å². The van der Waals surface area contributed by atoms with Crippen molar-refractivity contribution in [1.29, 1.82) is 0 Å². The molecule has 0 saturated heterocycles. The van der Waals surface area contributed by atoms with Gasteiger partial charge in [-0.2, -0.15) is 0 Å². The molecule has 0 aliphatic heterocycles. The van der Waals surface area contributed by atoms with Gasteiger partial charge in [-0.25, -0.2) is 4.39 Å². The van der Waals surface area contributed by atoms with Crippen LogP contribution in [0.15, 0.2) is 30.5 Å². The number of fused-ring (bicyclic) bond motifs is 1. The number of benzene rings is 1. The van der Waals surface area contributed by atoms with Crippen LogP contribution < -0.4 is 11.3 Å². The molecule has 0 saturated carbocycles. The highest BCUT2D eigenvalue weighted by Gasteiger charge is 2.15. The Hall–Kier alpha value is -1.83. The predicted octanol–water partition coefficient (Wildman–Crippen LogP) is 1.92. The molecule has 0 bridgehead atoms. The SMILES string of the molecule is Cn1cc(CC(NN)c2cc3cc(F)ccc3s2)nn1. The highest BCUT2D eigenvalue weighted by Crippen LogP contribution is 2.31. The highest BCUT2D eigenvalue weighted by molar-refractivity contribution is 7.19. The molecule has 0 aliphatic carbocycles. The monoisotopic (exact) mass is 291 g/mol. The van der Waals surface area contributed by atoms with E-state index in [-0.39, 0.29) is 11.9 Å². The zero-order valence-electron chi connectivity index (χ0n) is 10.9. The molecule has 0 spiro atoms. The van der Waals surface area contributed by atoms with Crippen molar-refractivity contribution in [3.63, 3.8) is 0 Å². The molecule has 104 valence electrons. The number of rotatable bonds is 4. The Balaban J connectivity index is 1.90. The molecular formula is C13H14FN5S. The lowest BCUT2D eigenvalue weighted by atomic mass is 10.1. The van der Waals surface area contributed by atoms with Crippen molar-refractivity contribution in [1.82, 2.24) is 20.4 Å². The van der Waals surface area contributed by atoms with Crippen LogP contribution in [0.25, 0.3) is 10.1 Å². The van der Waals surface area contributed by atoms with E-state index in [1.807, 2.05) is 19.3 Å². The van der Waals surface area contributed by atoms with E-state index in [1.165, 1.54) is 12.1 Å². The normalized spacial score (nSPS) is 12.9. The third kappa shape index (κ3) is 2.55. The van der Waals surface area contributed by atoms with Crippen LogP contribution in [0.4, 0.5) is 4.39 Å². The van der Waals surface area contributed by atoms with E-state index in [4.69, 9.17) is 5.84 Å². The van der Waals surface area contributed by atoms with Gasteiger partial charge in [0, 0.05) is 29.2 Å². The van der Waals surface area contributed by atoms with Crippen molar-refractivity contribution in [3.05, 3.63) is 46.9 Å². The number of nitrogens with one attached hydrogen (secondary N) is 1. The maximum atomic E-state index is 13.2. The minimum Gasteiger partial charge on any atom is -0.271 e. The second kappa shape index (κ2) is 5.28. The molecule has 1 unspecified atom stereocenters. The second-order valence-corrected chi connectivity index (χ2v) is 5.75. The summed E-state index contributed by atoms with van der Waals surface area (Å²) in [4.78, 5) is 1.05. The van der Waals surface area contributed by atoms with Crippen LogP contribution in [0.2, 0.25) is 0 Å². The standard InChI is InChI=1S/C13H14FN5S/c1-19-7-10(17-18-19)6-11(16-15)13-5-8-4-9(14)2-3-12(8)20-13/h2-5,7,11,16H,6,15H2,1H3. The third-order valence-electron chi connectivity index (χ3n) is 3.11. The Morgan fingerprint density at radius 3 is 3.00 bits per heavy atom. The molecule has 3 aromatic rings. The number of thiophene rings is 1. The molecule has 0 fully saturated rings. The van der Waals surface area contributed by atoms with Crippen molar-refractivity contribution in [2.24, 2.45) is 12.9 Å². The molecular weight excluding hydrogens is 277 g/mol. The van der Waals surface area contributed by atoms with Gasteiger partial charge in [-0.05, 0) is 29.7 Å². The highest BCUT2D eigenvalue weighted by atomic mass is 32.1. The fourth-order valence-corrected chi connectivity index (χ4v) is 3.25. The number of aromatic nitrogens is 3. The van der Waals surface area contributed by atoms with Gasteiger partial charge in [0.15, 0.2) is 0 Å². The third-order valence-corrected chi connectivity index (χ3v) is 4.34. The number of hydrogen-bond acceptors (Lipinski definition) is 5. The predicted molar refractivity (Wildman–Crippen MR) is 76.6 cm³/mol. The second-order valence-electron chi connectivity index (χ2n) is 4.64. The molecule has 7 heteroatoms. The van der Waals surface area contributed by atoms with E-state index in [2.05, 4.69) is 15.7 Å². The van der Waals surface area contributed by atoms with Gasteiger partial charge in [-0.3, -0.25) is 16.0 Å². The number of hydrazine groups is 1. The van der Waals surface area contributed by atoms with Crippen molar-refractivity contribution < 1.29 is 4.39 Å². The molecule has 1 aromatic carbocycles. The largest absolute Gasteiger partial charge is 0.271 e. The number of halogens is 1. The first-order valence-electron chi connectivity index (χ1n) is 6.16. The average molecular weight is 291 g/mol. The smallest absolute Gasteiger partial charge is 0.123 e. The van der Waals surface area contributed by atoms with Gasteiger partial charge >= 0.3 is 0 Å². The van der Waals surface area contributed by atoms with Crippen LogP contribution in [0, 0.1) is 5.82 Å². The van der Waals surface area contributed by atoms with E-state index < -0.39 is 0 Å².